The lowest BCUT2D eigenvalue weighted by molar-refractivity contribution is 0.208. The predicted molar refractivity (Wildman–Crippen MR) is 64.5 cm³/mol. The van der Waals surface area contributed by atoms with E-state index in [4.69, 9.17) is 4.98 Å². The first-order valence-corrected chi connectivity index (χ1v) is 6.34. The summed E-state index contributed by atoms with van der Waals surface area (Å²) in [5.41, 5.74) is 1.42. The van der Waals surface area contributed by atoms with Crippen LogP contribution in [0.1, 0.15) is 51.2 Å². The molecule has 0 unspecified atom stereocenters. The summed E-state index contributed by atoms with van der Waals surface area (Å²) in [5.74, 6) is 1.28. The van der Waals surface area contributed by atoms with Crippen molar-refractivity contribution in [1.29, 1.82) is 0 Å². The zero-order valence-corrected chi connectivity index (χ0v) is 10.5. The Kier molecular flexibility index (Phi) is 2.15. The van der Waals surface area contributed by atoms with Crippen LogP contribution in [0.4, 0.5) is 0 Å². The quantitative estimate of drug-likeness (QED) is 0.668. The topological polar surface area (TPSA) is 21.1 Å². The van der Waals surface area contributed by atoms with E-state index in [1.165, 1.54) is 37.4 Å². The van der Waals surface area contributed by atoms with Crippen LogP contribution in [0.2, 0.25) is 0 Å². The summed E-state index contributed by atoms with van der Waals surface area (Å²) in [5, 5.41) is 0. The van der Waals surface area contributed by atoms with Crippen molar-refractivity contribution in [3.63, 3.8) is 0 Å². The van der Waals surface area contributed by atoms with Crippen LogP contribution in [-0.4, -0.2) is 27.5 Å². The standard InChI is InChI=1S/C13H21N3/c1-13(2,3)11-8-16-10-4-6-15(7-5-10)9-12(16)14-11/h8,10H,4-7,9H2,1-3H3. The molecule has 4 rings (SSSR count). The monoisotopic (exact) mass is 219 g/mol. The van der Waals surface area contributed by atoms with Crippen LogP contribution in [0, 0.1) is 0 Å². The fourth-order valence-corrected chi connectivity index (χ4v) is 2.78. The van der Waals surface area contributed by atoms with E-state index in [-0.39, 0.29) is 5.41 Å². The fourth-order valence-electron chi connectivity index (χ4n) is 2.78. The second kappa shape index (κ2) is 3.33. The molecule has 1 saturated heterocycles. The van der Waals surface area contributed by atoms with Crippen molar-refractivity contribution in [2.24, 2.45) is 0 Å². The summed E-state index contributed by atoms with van der Waals surface area (Å²) < 4.78 is 2.45. The first-order chi connectivity index (χ1) is 7.54. The second-order valence-electron chi connectivity index (χ2n) is 6.21. The van der Waals surface area contributed by atoms with E-state index in [0.29, 0.717) is 6.04 Å². The summed E-state index contributed by atoms with van der Waals surface area (Å²) in [6.07, 6.45) is 4.90. The molecule has 3 nitrogen and oxygen atoms in total. The van der Waals surface area contributed by atoms with Crippen LogP contribution in [0.3, 0.4) is 0 Å². The smallest absolute Gasteiger partial charge is 0.123 e. The highest BCUT2D eigenvalue weighted by Gasteiger charge is 2.30. The van der Waals surface area contributed by atoms with Gasteiger partial charge in [0.25, 0.3) is 0 Å². The molecule has 0 aliphatic carbocycles. The van der Waals surface area contributed by atoms with Gasteiger partial charge in [0, 0.05) is 30.7 Å². The van der Waals surface area contributed by atoms with Gasteiger partial charge in [0.05, 0.1) is 12.2 Å². The van der Waals surface area contributed by atoms with Gasteiger partial charge in [-0.15, -0.1) is 0 Å². The molecule has 0 radical (unpaired) electrons. The number of piperidine rings is 1. The van der Waals surface area contributed by atoms with E-state index < -0.39 is 0 Å². The van der Waals surface area contributed by atoms with E-state index >= 15 is 0 Å². The third-order valence-corrected chi connectivity index (χ3v) is 3.89. The van der Waals surface area contributed by atoms with E-state index in [2.05, 4.69) is 36.4 Å². The molecule has 3 heteroatoms. The molecular formula is C13H21N3. The van der Waals surface area contributed by atoms with Gasteiger partial charge in [0.2, 0.25) is 0 Å². The van der Waals surface area contributed by atoms with E-state index in [1.54, 1.807) is 0 Å². The number of fused-ring (bicyclic) bond motifs is 2. The Labute approximate surface area is 97.5 Å². The van der Waals surface area contributed by atoms with E-state index in [9.17, 15) is 0 Å². The summed E-state index contributed by atoms with van der Waals surface area (Å²) >= 11 is 0. The zero-order chi connectivity index (χ0) is 11.3. The Morgan fingerprint density at radius 2 is 1.94 bits per heavy atom. The largest absolute Gasteiger partial charge is 0.330 e. The molecule has 4 heterocycles. The molecule has 88 valence electrons. The van der Waals surface area contributed by atoms with Crippen molar-refractivity contribution in [2.75, 3.05) is 13.1 Å². The van der Waals surface area contributed by atoms with Gasteiger partial charge in [0.1, 0.15) is 5.82 Å². The average Bonchev–Trinajstić information content (AvgIpc) is 2.50. The highest BCUT2D eigenvalue weighted by Crippen LogP contribution is 2.32. The van der Waals surface area contributed by atoms with Gasteiger partial charge in [-0.1, -0.05) is 20.8 Å². The maximum Gasteiger partial charge on any atom is 0.123 e. The molecule has 1 aromatic rings. The highest BCUT2D eigenvalue weighted by molar-refractivity contribution is 5.15. The molecule has 0 amide bonds. The van der Waals surface area contributed by atoms with E-state index in [0.717, 1.165) is 6.54 Å². The third-order valence-electron chi connectivity index (χ3n) is 3.89. The summed E-state index contributed by atoms with van der Waals surface area (Å²) in [6.45, 7) is 10.3. The van der Waals surface area contributed by atoms with Crippen LogP contribution in [-0.2, 0) is 12.0 Å². The number of rotatable bonds is 0. The molecule has 0 N–H and O–H groups in total. The SMILES string of the molecule is CC(C)(C)c1cn2c(n1)CN1CCC2CC1. The highest BCUT2D eigenvalue weighted by atomic mass is 15.2. The molecule has 3 aliphatic heterocycles. The van der Waals surface area contributed by atoms with Crippen molar-refractivity contribution in [3.05, 3.63) is 17.7 Å². The van der Waals surface area contributed by atoms with Crippen LogP contribution >= 0.6 is 0 Å². The summed E-state index contributed by atoms with van der Waals surface area (Å²) in [4.78, 5) is 7.38. The number of hydrogen-bond donors (Lipinski definition) is 0. The van der Waals surface area contributed by atoms with Gasteiger partial charge in [-0.05, 0) is 12.8 Å². The lowest BCUT2D eigenvalue weighted by Crippen LogP contribution is -2.29. The Hall–Kier alpha value is -0.830. The van der Waals surface area contributed by atoms with Crippen LogP contribution in [0.5, 0.6) is 0 Å². The number of nitrogens with zero attached hydrogens (tertiary/aromatic N) is 3. The maximum absolute atomic E-state index is 4.84. The molecule has 0 atom stereocenters. The van der Waals surface area contributed by atoms with Crippen molar-refractivity contribution >= 4 is 0 Å². The van der Waals surface area contributed by atoms with Crippen molar-refractivity contribution in [2.45, 2.75) is 51.6 Å². The molecule has 16 heavy (non-hydrogen) atoms. The Bertz CT molecular complexity index is 392. The first-order valence-electron chi connectivity index (χ1n) is 6.34. The minimum absolute atomic E-state index is 0.174. The molecule has 0 saturated carbocycles. The fraction of sp³-hybridized carbons (Fsp3) is 0.769. The molecule has 0 aromatic carbocycles. The Balaban J connectivity index is 2.02. The molecule has 1 fully saturated rings. The van der Waals surface area contributed by atoms with Gasteiger partial charge < -0.3 is 4.57 Å². The lowest BCUT2D eigenvalue weighted by atomic mass is 9.93. The van der Waals surface area contributed by atoms with Crippen molar-refractivity contribution in [1.82, 2.24) is 14.5 Å². The number of aromatic nitrogens is 2. The van der Waals surface area contributed by atoms with Gasteiger partial charge in [-0.2, -0.15) is 0 Å². The lowest BCUT2D eigenvalue weighted by Gasteiger charge is -2.27. The van der Waals surface area contributed by atoms with Gasteiger partial charge in [-0.25, -0.2) is 4.98 Å². The molecule has 1 aromatic heterocycles. The van der Waals surface area contributed by atoms with Gasteiger partial charge in [-0.3, -0.25) is 4.90 Å². The Morgan fingerprint density at radius 1 is 1.25 bits per heavy atom. The van der Waals surface area contributed by atoms with Gasteiger partial charge >= 0.3 is 0 Å². The molecular weight excluding hydrogens is 198 g/mol. The summed E-state index contributed by atoms with van der Waals surface area (Å²) in [6, 6.07) is 0.706. The van der Waals surface area contributed by atoms with Gasteiger partial charge in [0.15, 0.2) is 0 Å². The molecule has 0 spiro atoms. The predicted octanol–water partition coefficient (Wildman–Crippen LogP) is 2.33. The maximum atomic E-state index is 4.84. The summed E-state index contributed by atoms with van der Waals surface area (Å²) in [7, 11) is 0. The third kappa shape index (κ3) is 1.58. The minimum atomic E-state index is 0.174. The molecule has 3 aliphatic rings. The number of hydrogen-bond acceptors (Lipinski definition) is 2. The number of imidazole rings is 1. The normalized spacial score (nSPS) is 28.9. The van der Waals surface area contributed by atoms with Crippen molar-refractivity contribution < 1.29 is 0 Å². The minimum Gasteiger partial charge on any atom is -0.330 e. The first kappa shape index (κ1) is 10.3. The second-order valence-corrected chi connectivity index (χ2v) is 6.21. The van der Waals surface area contributed by atoms with E-state index in [1.807, 2.05) is 0 Å². The molecule has 2 bridgehead atoms. The van der Waals surface area contributed by atoms with Crippen LogP contribution in [0.15, 0.2) is 6.20 Å². The Morgan fingerprint density at radius 3 is 2.56 bits per heavy atom. The zero-order valence-electron chi connectivity index (χ0n) is 10.5. The van der Waals surface area contributed by atoms with Crippen LogP contribution in [0.25, 0.3) is 0 Å². The van der Waals surface area contributed by atoms with Crippen molar-refractivity contribution in [3.8, 4) is 0 Å². The van der Waals surface area contributed by atoms with Crippen LogP contribution < -0.4 is 0 Å². The average molecular weight is 219 g/mol.